The van der Waals surface area contributed by atoms with E-state index >= 15 is 0 Å². The van der Waals surface area contributed by atoms with E-state index in [1.54, 1.807) is 14.2 Å². The minimum Gasteiger partial charge on any atom is -0.497 e. The molecule has 2 aliphatic rings. The normalized spacial score (nSPS) is 21.4. The molecule has 24 heavy (non-hydrogen) atoms. The maximum absolute atomic E-state index is 5.38. The largest absolute Gasteiger partial charge is 0.497 e. The summed E-state index contributed by atoms with van der Waals surface area (Å²) < 4.78 is 10.8. The van der Waals surface area contributed by atoms with Gasteiger partial charge in [-0.2, -0.15) is 0 Å². The van der Waals surface area contributed by atoms with Gasteiger partial charge in [0.15, 0.2) is 5.96 Å². The molecule has 0 aromatic heterocycles. The number of ether oxygens (including phenoxy) is 2. The van der Waals surface area contributed by atoms with E-state index in [2.05, 4.69) is 32.7 Å². The van der Waals surface area contributed by atoms with E-state index in [0.717, 1.165) is 42.7 Å². The van der Waals surface area contributed by atoms with Crippen molar-refractivity contribution >= 4 is 11.6 Å². The highest BCUT2D eigenvalue weighted by atomic mass is 16.5. The lowest BCUT2D eigenvalue weighted by molar-refractivity contribution is 0.378. The Hall–Kier alpha value is -2.11. The summed E-state index contributed by atoms with van der Waals surface area (Å²) in [5.74, 6) is 2.57. The van der Waals surface area contributed by atoms with E-state index in [9.17, 15) is 0 Å². The minimum atomic E-state index is 0.397. The Bertz CT molecular complexity index is 564. The fraction of sp³-hybridized carbons (Fsp3) is 0.611. The lowest BCUT2D eigenvalue weighted by Crippen LogP contribution is -2.50. The van der Waals surface area contributed by atoms with Gasteiger partial charge >= 0.3 is 0 Å². The van der Waals surface area contributed by atoms with Crippen molar-refractivity contribution in [1.29, 1.82) is 0 Å². The van der Waals surface area contributed by atoms with Crippen molar-refractivity contribution in [2.45, 2.75) is 37.8 Å². The van der Waals surface area contributed by atoms with Crippen LogP contribution >= 0.6 is 0 Å². The van der Waals surface area contributed by atoms with Gasteiger partial charge in [0.05, 0.1) is 14.2 Å². The molecular formula is C18H28N4O2. The maximum atomic E-state index is 5.38. The van der Waals surface area contributed by atoms with Crippen LogP contribution in [-0.4, -0.2) is 52.4 Å². The van der Waals surface area contributed by atoms with Gasteiger partial charge in [0, 0.05) is 56.1 Å². The Morgan fingerprint density at radius 1 is 1.04 bits per heavy atom. The third-order valence-electron chi connectivity index (χ3n) is 4.90. The van der Waals surface area contributed by atoms with E-state index in [1.807, 2.05) is 13.1 Å². The quantitative estimate of drug-likeness (QED) is 0.638. The molecule has 1 unspecified atom stereocenters. The first-order chi connectivity index (χ1) is 11.7. The number of benzene rings is 1. The van der Waals surface area contributed by atoms with E-state index in [1.165, 1.54) is 19.3 Å². The van der Waals surface area contributed by atoms with Crippen molar-refractivity contribution in [2.75, 3.05) is 39.3 Å². The number of methoxy groups -OCH3 is 2. The first kappa shape index (κ1) is 16.7. The van der Waals surface area contributed by atoms with Crippen LogP contribution in [0.4, 0.5) is 5.69 Å². The molecule has 0 spiro atoms. The smallest absolute Gasteiger partial charge is 0.191 e. The lowest BCUT2D eigenvalue weighted by atomic mass is 9.93. The number of nitrogens with one attached hydrogen (secondary N) is 2. The van der Waals surface area contributed by atoms with Gasteiger partial charge in [-0.3, -0.25) is 4.99 Å². The number of rotatable bonds is 5. The van der Waals surface area contributed by atoms with Gasteiger partial charge < -0.3 is 25.0 Å². The molecule has 3 rings (SSSR count). The summed E-state index contributed by atoms with van der Waals surface area (Å²) >= 11 is 0. The Labute approximate surface area is 144 Å². The average Bonchev–Trinajstić information content (AvgIpc) is 3.04. The fourth-order valence-electron chi connectivity index (χ4n) is 3.20. The van der Waals surface area contributed by atoms with Gasteiger partial charge in [0.2, 0.25) is 0 Å². The predicted molar refractivity (Wildman–Crippen MR) is 97.4 cm³/mol. The van der Waals surface area contributed by atoms with E-state index < -0.39 is 0 Å². The van der Waals surface area contributed by atoms with Crippen LogP contribution in [0.1, 0.15) is 25.7 Å². The van der Waals surface area contributed by atoms with Crippen molar-refractivity contribution in [3.8, 4) is 11.5 Å². The summed E-state index contributed by atoms with van der Waals surface area (Å²) in [4.78, 5) is 6.72. The first-order valence-electron chi connectivity index (χ1n) is 8.69. The number of hydrogen-bond acceptors (Lipinski definition) is 4. The number of anilines is 1. The van der Waals surface area contributed by atoms with Crippen molar-refractivity contribution in [1.82, 2.24) is 10.6 Å². The zero-order valence-corrected chi connectivity index (χ0v) is 14.8. The van der Waals surface area contributed by atoms with Crippen LogP contribution in [0.5, 0.6) is 11.5 Å². The summed E-state index contributed by atoms with van der Waals surface area (Å²) in [6.45, 7) is 1.95. The van der Waals surface area contributed by atoms with Crippen molar-refractivity contribution in [3.63, 3.8) is 0 Å². The second-order valence-electron chi connectivity index (χ2n) is 6.49. The lowest BCUT2D eigenvalue weighted by Gasteiger charge is -2.29. The van der Waals surface area contributed by atoms with Gasteiger partial charge in [-0.05, 0) is 25.7 Å². The molecule has 0 amide bonds. The molecule has 1 aromatic carbocycles. The standard InChI is InChI=1S/C18H28N4O2/c1-19-18(20-13-5-4-6-13)21-14-7-8-22(12-14)15-9-16(23-2)11-17(10-15)24-3/h9-11,13-14H,4-8,12H2,1-3H3,(H2,19,20,21). The highest BCUT2D eigenvalue weighted by Crippen LogP contribution is 2.30. The van der Waals surface area contributed by atoms with Crippen LogP contribution in [0.25, 0.3) is 0 Å². The van der Waals surface area contributed by atoms with Crippen LogP contribution < -0.4 is 25.0 Å². The monoisotopic (exact) mass is 332 g/mol. The molecule has 1 heterocycles. The highest BCUT2D eigenvalue weighted by molar-refractivity contribution is 5.80. The number of guanidine groups is 1. The van der Waals surface area contributed by atoms with Gasteiger partial charge in [0.1, 0.15) is 11.5 Å². The summed E-state index contributed by atoms with van der Waals surface area (Å²) in [5.41, 5.74) is 1.14. The fourth-order valence-corrected chi connectivity index (χ4v) is 3.20. The van der Waals surface area contributed by atoms with Gasteiger partial charge in [-0.15, -0.1) is 0 Å². The third kappa shape index (κ3) is 3.86. The molecule has 2 fully saturated rings. The van der Waals surface area contributed by atoms with Crippen LogP contribution in [0.3, 0.4) is 0 Å². The van der Waals surface area contributed by atoms with E-state index in [0.29, 0.717) is 12.1 Å². The topological polar surface area (TPSA) is 58.1 Å². The van der Waals surface area contributed by atoms with Crippen LogP contribution in [0.2, 0.25) is 0 Å². The molecule has 0 radical (unpaired) electrons. The van der Waals surface area contributed by atoms with Crippen LogP contribution in [0, 0.1) is 0 Å². The second kappa shape index (κ2) is 7.64. The van der Waals surface area contributed by atoms with Gasteiger partial charge in [0.25, 0.3) is 0 Å². The van der Waals surface area contributed by atoms with Crippen LogP contribution in [-0.2, 0) is 0 Å². The van der Waals surface area contributed by atoms with Gasteiger partial charge in [-0.1, -0.05) is 0 Å². The maximum Gasteiger partial charge on any atom is 0.191 e. The molecule has 1 aromatic rings. The summed E-state index contributed by atoms with van der Waals surface area (Å²) in [6.07, 6.45) is 4.91. The van der Waals surface area contributed by atoms with Crippen LogP contribution in [0.15, 0.2) is 23.2 Å². The Morgan fingerprint density at radius 3 is 2.25 bits per heavy atom. The third-order valence-corrected chi connectivity index (χ3v) is 4.90. The molecular weight excluding hydrogens is 304 g/mol. The Kier molecular flexibility index (Phi) is 5.33. The molecule has 0 bridgehead atoms. The highest BCUT2D eigenvalue weighted by Gasteiger charge is 2.25. The molecule has 2 N–H and O–H groups in total. The zero-order chi connectivity index (χ0) is 16.9. The summed E-state index contributed by atoms with van der Waals surface area (Å²) in [7, 11) is 5.21. The zero-order valence-electron chi connectivity index (χ0n) is 14.8. The summed E-state index contributed by atoms with van der Waals surface area (Å²) in [6, 6.07) is 7.02. The number of nitrogens with zero attached hydrogens (tertiary/aromatic N) is 2. The minimum absolute atomic E-state index is 0.397. The Balaban J connectivity index is 1.60. The molecule has 1 aliphatic carbocycles. The molecule has 6 nitrogen and oxygen atoms in total. The number of aliphatic imine (C=N–C) groups is 1. The predicted octanol–water partition coefficient (Wildman–Crippen LogP) is 2.00. The molecule has 1 saturated heterocycles. The van der Waals surface area contributed by atoms with Gasteiger partial charge in [-0.25, -0.2) is 0 Å². The molecule has 1 atom stereocenters. The average molecular weight is 332 g/mol. The molecule has 6 heteroatoms. The first-order valence-corrected chi connectivity index (χ1v) is 8.69. The molecule has 1 aliphatic heterocycles. The van der Waals surface area contributed by atoms with Crippen molar-refractivity contribution < 1.29 is 9.47 Å². The molecule has 1 saturated carbocycles. The second-order valence-corrected chi connectivity index (χ2v) is 6.49. The van der Waals surface area contributed by atoms with Crippen molar-refractivity contribution in [3.05, 3.63) is 18.2 Å². The van der Waals surface area contributed by atoms with E-state index in [-0.39, 0.29) is 0 Å². The van der Waals surface area contributed by atoms with E-state index in [4.69, 9.17) is 9.47 Å². The Morgan fingerprint density at radius 2 is 1.71 bits per heavy atom. The molecule has 132 valence electrons. The van der Waals surface area contributed by atoms with Crippen molar-refractivity contribution in [2.24, 2.45) is 4.99 Å². The SMILES string of the molecule is CN=C(NC1CCC1)NC1CCN(c2cc(OC)cc(OC)c2)C1. The summed E-state index contributed by atoms with van der Waals surface area (Å²) in [5, 5.41) is 7.06. The number of hydrogen-bond donors (Lipinski definition) is 2.